The van der Waals surface area contributed by atoms with Crippen LogP contribution in [-0.2, 0) is 0 Å². The molecule has 1 atom stereocenters. The minimum atomic E-state index is -0.548. The fourth-order valence-electron chi connectivity index (χ4n) is 2.04. The van der Waals surface area contributed by atoms with Gasteiger partial charge in [0.05, 0.1) is 0 Å². The molecule has 22 heavy (non-hydrogen) atoms. The van der Waals surface area contributed by atoms with Crippen molar-refractivity contribution in [3.05, 3.63) is 59.5 Å². The fourth-order valence-corrected chi connectivity index (χ4v) is 2.04. The minimum absolute atomic E-state index is 0.138. The summed E-state index contributed by atoms with van der Waals surface area (Å²) < 4.78 is 12.9. The Balaban J connectivity index is 2.14. The quantitative estimate of drug-likeness (QED) is 0.805. The molecular formula is C17H21FN3O+. The lowest BCUT2D eigenvalue weighted by Gasteiger charge is -2.11. The monoisotopic (exact) mass is 302 g/mol. The van der Waals surface area contributed by atoms with Crippen molar-refractivity contribution in [1.82, 2.24) is 4.98 Å². The van der Waals surface area contributed by atoms with E-state index in [0.29, 0.717) is 11.5 Å². The molecule has 1 aromatic carbocycles. The van der Waals surface area contributed by atoms with E-state index < -0.39 is 6.04 Å². The molecule has 5 heteroatoms. The van der Waals surface area contributed by atoms with Crippen LogP contribution in [0, 0.1) is 11.7 Å². The summed E-state index contributed by atoms with van der Waals surface area (Å²) in [5, 5.41) is 3.23. The van der Waals surface area contributed by atoms with Crippen LogP contribution in [0.15, 0.2) is 42.6 Å². The molecule has 4 nitrogen and oxygen atoms in total. The van der Waals surface area contributed by atoms with E-state index >= 15 is 0 Å². The van der Waals surface area contributed by atoms with Crippen molar-refractivity contribution in [3.63, 3.8) is 0 Å². The van der Waals surface area contributed by atoms with E-state index in [1.54, 1.807) is 12.3 Å². The molecule has 0 radical (unpaired) electrons. The Morgan fingerprint density at radius 1 is 1.27 bits per heavy atom. The molecule has 2 rings (SSSR count). The van der Waals surface area contributed by atoms with E-state index in [4.69, 9.17) is 0 Å². The van der Waals surface area contributed by atoms with E-state index in [0.717, 1.165) is 17.9 Å². The molecule has 0 amide bonds. The topological polar surface area (TPSA) is 69.6 Å². The third-order valence-electron chi connectivity index (χ3n) is 3.32. The van der Waals surface area contributed by atoms with Gasteiger partial charge in [-0.25, -0.2) is 9.37 Å². The molecule has 116 valence electrons. The predicted molar refractivity (Wildman–Crippen MR) is 83.9 cm³/mol. The summed E-state index contributed by atoms with van der Waals surface area (Å²) in [6, 6.07) is 8.59. The van der Waals surface area contributed by atoms with Gasteiger partial charge in [0.25, 0.3) is 0 Å². The summed E-state index contributed by atoms with van der Waals surface area (Å²) in [7, 11) is 0. The first kappa shape index (κ1) is 16.1. The molecule has 0 saturated carbocycles. The predicted octanol–water partition coefficient (Wildman–Crippen LogP) is 2.45. The van der Waals surface area contributed by atoms with Crippen LogP contribution in [0.5, 0.6) is 0 Å². The number of carbonyl (C=O) groups is 1. The van der Waals surface area contributed by atoms with Crippen LogP contribution in [0.3, 0.4) is 0 Å². The van der Waals surface area contributed by atoms with Gasteiger partial charge in [0.2, 0.25) is 5.78 Å². The number of halogens is 1. The van der Waals surface area contributed by atoms with Crippen molar-refractivity contribution in [2.75, 3.05) is 11.9 Å². The molecule has 0 aliphatic rings. The summed E-state index contributed by atoms with van der Waals surface area (Å²) in [5.41, 5.74) is 5.19. The molecule has 0 aliphatic heterocycles. The molecule has 1 aromatic heterocycles. The van der Waals surface area contributed by atoms with E-state index in [1.165, 1.54) is 24.3 Å². The number of carbonyl (C=O) groups excluding carboxylic acids is 1. The average Bonchev–Trinajstić information content (AvgIpc) is 2.52. The van der Waals surface area contributed by atoms with Crippen LogP contribution in [0.25, 0.3) is 0 Å². The SMILES string of the molecule is CC(C)CNc1cc(C([NH3+])C(=O)c2ccc(F)cc2)ccn1. The zero-order valence-electron chi connectivity index (χ0n) is 12.8. The highest BCUT2D eigenvalue weighted by Gasteiger charge is 2.21. The van der Waals surface area contributed by atoms with Gasteiger partial charge in [-0.15, -0.1) is 0 Å². The molecule has 1 unspecified atom stereocenters. The van der Waals surface area contributed by atoms with Crippen molar-refractivity contribution in [3.8, 4) is 0 Å². The average molecular weight is 302 g/mol. The zero-order valence-corrected chi connectivity index (χ0v) is 12.8. The number of quaternary nitrogens is 1. The summed E-state index contributed by atoms with van der Waals surface area (Å²) in [4.78, 5) is 16.6. The van der Waals surface area contributed by atoms with Crippen molar-refractivity contribution in [2.45, 2.75) is 19.9 Å². The maximum atomic E-state index is 12.9. The number of ketones is 1. The number of aromatic nitrogens is 1. The molecule has 0 fully saturated rings. The van der Waals surface area contributed by atoms with Gasteiger partial charge in [-0.3, -0.25) is 4.79 Å². The van der Waals surface area contributed by atoms with Crippen molar-refractivity contribution >= 4 is 11.6 Å². The number of rotatable bonds is 6. The van der Waals surface area contributed by atoms with Gasteiger partial charge in [0.15, 0.2) is 6.04 Å². The highest BCUT2D eigenvalue weighted by atomic mass is 19.1. The van der Waals surface area contributed by atoms with Gasteiger partial charge in [-0.05, 0) is 42.3 Å². The normalized spacial score (nSPS) is 12.2. The number of hydrogen-bond acceptors (Lipinski definition) is 3. The largest absolute Gasteiger partial charge is 0.370 e. The highest BCUT2D eigenvalue weighted by Crippen LogP contribution is 2.17. The smallest absolute Gasteiger partial charge is 0.224 e. The maximum absolute atomic E-state index is 12.9. The molecule has 2 aromatic rings. The Hall–Kier alpha value is -2.27. The molecule has 0 saturated heterocycles. The lowest BCUT2D eigenvalue weighted by molar-refractivity contribution is -0.404. The van der Waals surface area contributed by atoms with E-state index in [1.807, 2.05) is 6.07 Å². The Morgan fingerprint density at radius 2 is 1.95 bits per heavy atom. The van der Waals surface area contributed by atoms with Crippen LogP contribution >= 0.6 is 0 Å². The number of benzene rings is 1. The van der Waals surface area contributed by atoms with Gasteiger partial charge in [-0.1, -0.05) is 13.8 Å². The number of nitrogens with one attached hydrogen (secondary N) is 1. The van der Waals surface area contributed by atoms with Crippen molar-refractivity contribution < 1.29 is 14.9 Å². The Morgan fingerprint density at radius 3 is 2.59 bits per heavy atom. The summed E-state index contributed by atoms with van der Waals surface area (Å²) in [6.07, 6.45) is 1.66. The summed E-state index contributed by atoms with van der Waals surface area (Å²) in [6.45, 7) is 5.03. The summed E-state index contributed by atoms with van der Waals surface area (Å²) in [5.74, 6) is 0.732. The maximum Gasteiger partial charge on any atom is 0.224 e. The number of nitrogens with zero attached hydrogens (tertiary/aromatic N) is 1. The lowest BCUT2D eigenvalue weighted by atomic mass is 9.99. The Labute approximate surface area is 129 Å². The zero-order chi connectivity index (χ0) is 16.1. The van der Waals surface area contributed by atoms with E-state index in [-0.39, 0.29) is 11.6 Å². The third kappa shape index (κ3) is 4.11. The number of anilines is 1. The number of pyridine rings is 1. The highest BCUT2D eigenvalue weighted by molar-refractivity contribution is 5.99. The van der Waals surface area contributed by atoms with E-state index in [2.05, 4.69) is 29.9 Å². The molecule has 4 N–H and O–H groups in total. The van der Waals surface area contributed by atoms with Crippen molar-refractivity contribution in [1.29, 1.82) is 0 Å². The van der Waals surface area contributed by atoms with Gasteiger partial charge >= 0.3 is 0 Å². The van der Waals surface area contributed by atoms with Gasteiger partial charge in [0, 0.05) is 23.9 Å². The Kier molecular flexibility index (Phi) is 5.22. The molecule has 0 aliphatic carbocycles. The second-order valence-corrected chi connectivity index (χ2v) is 5.67. The molecule has 1 heterocycles. The van der Waals surface area contributed by atoms with Crippen LogP contribution in [0.4, 0.5) is 10.2 Å². The van der Waals surface area contributed by atoms with Crippen molar-refractivity contribution in [2.24, 2.45) is 5.92 Å². The van der Waals surface area contributed by atoms with Gasteiger partial charge in [0.1, 0.15) is 11.6 Å². The minimum Gasteiger partial charge on any atom is -0.370 e. The third-order valence-corrected chi connectivity index (χ3v) is 3.32. The van der Waals surface area contributed by atoms with E-state index in [9.17, 15) is 9.18 Å². The van der Waals surface area contributed by atoms with Crippen LogP contribution in [0.1, 0.15) is 35.8 Å². The fraction of sp³-hybridized carbons (Fsp3) is 0.294. The molecular weight excluding hydrogens is 281 g/mol. The van der Waals surface area contributed by atoms with Gasteiger partial charge < -0.3 is 11.1 Å². The van der Waals surface area contributed by atoms with Gasteiger partial charge in [-0.2, -0.15) is 0 Å². The number of Topliss-reactive ketones (excluding diaryl/α,β-unsaturated/α-hetero) is 1. The second-order valence-electron chi connectivity index (χ2n) is 5.67. The number of hydrogen-bond donors (Lipinski definition) is 2. The molecule has 0 bridgehead atoms. The molecule has 0 spiro atoms. The Bertz CT molecular complexity index is 641. The first-order valence-electron chi connectivity index (χ1n) is 7.30. The first-order valence-corrected chi connectivity index (χ1v) is 7.30. The van der Waals surface area contributed by atoms with Crippen LogP contribution in [0.2, 0.25) is 0 Å². The van der Waals surface area contributed by atoms with Crippen LogP contribution < -0.4 is 11.1 Å². The second kappa shape index (κ2) is 7.13. The summed E-state index contributed by atoms with van der Waals surface area (Å²) >= 11 is 0. The lowest BCUT2D eigenvalue weighted by Crippen LogP contribution is -2.57. The standard InChI is InChI=1S/C17H20FN3O/c1-11(2)10-21-15-9-13(7-8-20-15)16(19)17(22)12-3-5-14(18)6-4-12/h3-9,11,16H,10,19H2,1-2H3,(H,20,21)/p+1. The van der Waals surface area contributed by atoms with Crippen LogP contribution in [-0.4, -0.2) is 17.3 Å². The first-order chi connectivity index (χ1) is 10.5.